The van der Waals surface area contributed by atoms with E-state index in [4.69, 9.17) is 10.8 Å². The Labute approximate surface area is 177 Å². The summed E-state index contributed by atoms with van der Waals surface area (Å²) in [5, 5.41) is 17.5. The van der Waals surface area contributed by atoms with E-state index in [1.54, 1.807) is 6.20 Å². The molecule has 2 aromatic heterocycles. The summed E-state index contributed by atoms with van der Waals surface area (Å²) in [4.78, 5) is 13.0. The summed E-state index contributed by atoms with van der Waals surface area (Å²) in [5.41, 5.74) is 4.18. The van der Waals surface area contributed by atoms with Gasteiger partial charge in [-0.15, -0.1) is 0 Å². The molecule has 1 saturated heterocycles. The maximum atomic E-state index is 8.83. The molecule has 1 aliphatic heterocycles. The Morgan fingerprint density at radius 1 is 0.867 bits per heavy atom. The van der Waals surface area contributed by atoms with Crippen molar-refractivity contribution in [3.8, 4) is 0 Å². The summed E-state index contributed by atoms with van der Waals surface area (Å²) in [6.07, 6.45) is 4.13. The number of nitrogens with zero attached hydrogens (tertiary/aromatic N) is 4. The second-order valence-electron chi connectivity index (χ2n) is 7.52. The molecule has 1 fully saturated rings. The van der Waals surface area contributed by atoms with Gasteiger partial charge in [-0.1, -0.05) is 30.3 Å². The van der Waals surface area contributed by atoms with Gasteiger partial charge in [-0.2, -0.15) is 0 Å². The first-order valence-corrected chi connectivity index (χ1v) is 10.2. The molecular weight excluding hydrogens is 372 g/mol. The molecule has 0 radical (unpaired) electrons. The maximum Gasteiger partial charge on any atom is 0.128 e. The Morgan fingerprint density at radius 2 is 1.60 bits per heavy atom. The van der Waals surface area contributed by atoms with Crippen LogP contribution in [0.25, 0.3) is 0 Å². The van der Waals surface area contributed by atoms with Crippen molar-refractivity contribution >= 4 is 17.4 Å². The van der Waals surface area contributed by atoms with E-state index in [2.05, 4.69) is 19.8 Å². The number of aromatic nitrogens is 2. The van der Waals surface area contributed by atoms with Crippen LogP contribution >= 0.6 is 0 Å². The van der Waals surface area contributed by atoms with Crippen molar-refractivity contribution in [3.05, 3.63) is 89.4 Å². The summed E-state index contributed by atoms with van der Waals surface area (Å²) >= 11 is 0. The molecule has 6 heteroatoms. The van der Waals surface area contributed by atoms with Crippen LogP contribution < -0.4 is 4.90 Å². The number of nitrogens with one attached hydrogen (secondary N) is 2. The fourth-order valence-corrected chi connectivity index (χ4v) is 3.84. The first kappa shape index (κ1) is 19.8. The highest BCUT2D eigenvalue weighted by molar-refractivity contribution is 6.10. The van der Waals surface area contributed by atoms with Crippen molar-refractivity contribution in [2.24, 2.45) is 0 Å². The van der Waals surface area contributed by atoms with Crippen molar-refractivity contribution in [2.45, 2.75) is 13.3 Å². The Morgan fingerprint density at radius 3 is 2.30 bits per heavy atom. The smallest absolute Gasteiger partial charge is 0.128 e. The molecule has 4 rings (SSSR count). The topological polar surface area (TPSA) is 80.0 Å². The van der Waals surface area contributed by atoms with Crippen LogP contribution in [0.4, 0.5) is 5.82 Å². The minimum Gasteiger partial charge on any atom is -0.353 e. The van der Waals surface area contributed by atoms with E-state index in [-0.39, 0.29) is 0 Å². The molecule has 0 amide bonds. The van der Waals surface area contributed by atoms with E-state index in [9.17, 15) is 0 Å². The molecule has 3 aromatic rings. The number of aryl methyl sites for hydroxylation is 1. The summed E-state index contributed by atoms with van der Waals surface area (Å²) in [7, 11) is 0. The van der Waals surface area contributed by atoms with Crippen molar-refractivity contribution in [3.63, 3.8) is 0 Å². The standard InChI is InChI=1S/C24H26N6/c1-18-16-19(9-11-27-18)17-22(25)20-6-2-3-7-21(20)24(26)30-14-12-29(13-15-30)23-8-4-5-10-28-23/h2-11,16,25-26H,12-15,17H2,1H3. The van der Waals surface area contributed by atoms with E-state index in [1.165, 1.54) is 0 Å². The molecule has 0 unspecified atom stereocenters. The number of rotatable bonds is 5. The van der Waals surface area contributed by atoms with E-state index >= 15 is 0 Å². The zero-order valence-corrected chi connectivity index (χ0v) is 17.2. The molecule has 1 aromatic carbocycles. The van der Waals surface area contributed by atoms with Crippen molar-refractivity contribution in [2.75, 3.05) is 31.1 Å². The van der Waals surface area contributed by atoms with E-state index in [0.717, 1.165) is 54.4 Å². The molecule has 3 heterocycles. The third-order valence-corrected chi connectivity index (χ3v) is 5.42. The molecule has 0 saturated carbocycles. The van der Waals surface area contributed by atoms with Gasteiger partial charge in [0.1, 0.15) is 11.7 Å². The number of piperazine rings is 1. The molecule has 0 bridgehead atoms. The summed E-state index contributed by atoms with van der Waals surface area (Å²) in [5.74, 6) is 1.47. The van der Waals surface area contributed by atoms with Crippen LogP contribution in [0, 0.1) is 17.7 Å². The van der Waals surface area contributed by atoms with Crippen molar-refractivity contribution in [1.82, 2.24) is 14.9 Å². The SMILES string of the molecule is Cc1cc(CC(=N)c2ccccc2C(=N)N2CCN(c3ccccn3)CC2)ccn1. The lowest BCUT2D eigenvalue weighted by atomic mass is 9.96. The highest BCUT2D eigenvalue weighted by Gasteiger charge is 2.22. The molecule has 6 nitrogen and oxygen atoms in total. The first-order chi connectivity index (χ1) is 14.6. The number of hydrogen-bond donors (Lipinski definition) is 2. The Kier molecular flexibility index (Phi) is 5.84. The molecule has 2 N–H and O–H groups in total. The van der Waals surface area contributed by atoms with Crippen LogP contribution in [-0.2, 0) is 6.42 Å². The third-order valence-electron chi connectivity index (χ3n) is 5.42. The minimum absolute atomic E-state index is 0.488. The molecule has 0 spiro atoms. The van der Waals surface area contributed by atoms with Gasteiger partial charge in [0.2, 0.25) is 0 Å². The lowest BCUT2D eigenvalue weighted by Gasteiger charge is -2.37. The third kappa shape index (κ3) is 4.38. The van der Waals surface area contributed by atoms with Gasteiger partial charge < -0.3 is 15.2 Å². The Bertz CT molecular complexity index is 1040. The lowest BCUT2D eigenvalue weighted by Crippen LogP contribution is -2.49. The quantitative estimate of drug-likeness (QED) is 0.509. The number of hydrogen-bond acceptors (Lipinski definition) is 5. The molecule has 152 valence electrons. The predicted molar refractivity (Wildman–Crippen MR) is 121 cm³/mol. The van der Waals surface area contributed by atoms with E-state index in [1.807, 2.05) is 67.7 Å². The van der Waals surface area contributed by atoms with Crippen LogP contribution in [0.1, 0.15) is 22.4 Å². The maximum absolute atomic E-state index is 8.83. The van der Waals surface area contributed by atoms with Gasteiger partial charge in [0.25, 0.3) is 0 Å². The summed E-state index contributed by atoms with van der Waals surface area (Å²) < 4.78 is 0. The highest BCUT2D eigenvalue weighted by Crippen LogP contribution is 2.18. The average Bonchev–Trinajstić information content (AvgIpc) is 2.79. The molecule has 30 heavy (non-hydrogen) atoms. The number of amidine groups is 1. The van der Waals surface area contributed by atoms with Crippen LogP contribution in [0.2, 0.25) is 0 Å². The van der Waals surface area contributed by atoms with Gasteiger partial charge in [-0.3, -0.25) is 10.4 Å². The minimum atomic E-state index is 0.488. The predicted octanol–water partition coefficient (Wildman–Crippen LogP) is 3.54. The largest absolute Gasteiger partial charge is 0.353 e. The monoisotopic (exact) mass is 398 g/mol. The van der Waals surface area contributed by atoms with Gasteiger partial charge in [-0.25, -0.2) is 4.98 Å². The number of pyridine rings is 2. The summed E-state index contributed by atoms with van der Waals surface area (Å²) in [6.45, 7) is 5.15. The van der Waals surface area contributed by atoms with Gasteiger partial charge in [0.05, 0.1) is 0 Å². The molecule has 0 atom stereocenters. The zero-order valence-electron chi connectivity index (χ0n) is 17.2. The van der Waals surface area contributed by atoms with Gasteiger partial charge >= 0.3 is 0 Å². The lowest BCUT2D eigenvalue weighted by molar-refractivity contribution is 0.383. The normalized spacial score (nSPS) is 13.9. The number of benzene rings is 1. The van der Waals surface area contributed by atoms with Crippen LogP contribution in [0.15, 0.2) is 67.0 Å². The Balaban J connectivity index is 1.47. The highest BCUT2D eigenvalue weighted by atomic mass is 15.3. The molecule has 0 aliphatic carbocycles. The Hall–Kier alpha value is -3.54. The molecule has 1 aliphatic rings. The van der Waals surface area contributed by atoms with Crippen LogP contribution in [0.3, 0.4) is 0 Å². The van der Waals surface area contributed by atoms with Gasteiger partial charge in [0.15, 0.2) is 0 Å². The van der Waals surface area contributed by atoms with Gasteiger partial charge in [-0.05, 0) is 36.8 Å². The fourth-order valence-electron chi connectivity index (χ4n) is 3.84. The van der Waals surface area contributed by atoms with E-state index < -0.39 is 0 Å². The molecular formula is C24H26N6. The fraction of sp³-hybridized carbons (Fsp3) is 0.250. The van der Waals surface area contributed by atoms with Crippen LogP contribution in [0.5, 0.6) is 0 Å². The second kappa shape index (κ2) is 8.86. The zero-order chi connectivity index (χ0) is 20.9. The first-order valence-electron chi connectivity index (χ1n) is 10.2. The van der Waals surface area contributed by atoms with Crippen LogP contribution in [-0.4, -0.2) is 52.6 Å². The second-order valence-corrected chi connectivity index (χ2v) is 7.52. The summed E-state index contributed by atoms with van der Waals surface area (Å²) in [6, 6.07) is 17.7. The van der Waals surface area contributed by atoms with Crippen molar-refractivity contribution in [1.29, 1.82) is 10.8 Å². The van der Waals surface area contributed by atoms with Gasteiger partial charge in [0, 0.05) is 67.5 Å². The van der Waals surface area contributed by atoms with Crippen molar-refractivity contribution < 1.29 is 0 Å². The van der Waals surface area contributed by atoms with E-state index in [0.29, 0.717) is 18.0 Å². The number of anilines is 1. The average molecular weight is 399 g/mol.